The average Bonchev–Trinajstić information content (AvgIpc) is 2.53. The fourth-order valence-corrected chi connectivity index (χ4v) is 2.01. The van der Waals surface area contributed by atoms with Gasteiger partial charge in [-0.1, -0.05) is 6.07 Å². The van der Waals surface area contributed by atoms with Crippen LogP contribution in [0.3, 0.4) is 0 Å². The second kappa shape index (κ2) is 7.49. The molecule has 2 rings (SSSR count). The van der Waals surface area contributed by atoms with Crippen molar-refractivity contribution in [2.45, 2.75) is 13.5 Å². The molecule has 0 unspecified atom stereocenters. The Hall–Kier alpha value is -3.03. The number of ketones is 1. The summed E-state index contributed by atoms with van der Waals surface area (Å²) in [7, 11) is 0. The summed E-state index contributed by atoms with van der Waals surface area (Å²) in [6.07, 6.45) is 0. The number of halogens is 2. The minimum Gasteiger partial charge on any atom is -0.485 e. The molecule has 0 fully saturated rings. The number of nitro benzene ring substituents is 1. The second-order valence-electron chi connectivity index (χ2n) is 4.77. The smallest absolute Gasteiger partial charge is 0.387 e. The Bertz CT molecular complexity index is 747. The number of hydrogen-bond acceptors (Lipinski definition) is 5. The van der Waals surface area contributed by atoms with Crippen LogP contribution >= 0.6 is 0 Å². The van der Waals surface area contributed by atoms with Crippen molar-refractivity contribution in [3.8, 4) is 11.5 Å². The minimum atomic E-state index is -2.94. The highest BCUT2D eigenvalue weighted by Crippen LogP contribution is 2.27. The molecule has 0 aliphatic heterocycles. The fourth-order valence-electron chi connectivity index (χ4n) is 2.01. The largest absolute Gasteiger partial charge is 0.485 e. The lowest BCUT2D eigenvalue weighted by molar-refractivity contribution is -0.385. The first-order valence-electron chi connectivity index (χ1n) is 6.83. The van der Waals surface area contributed by atoms with Gasteiger partial charge in [-0.05, 0) is 37.3 Å². The Morgan fingerprint density at radius 3 is 2.46 bits per heavy atom. The summed E-state index contributed by atoms with van der Waals surface area (Å²) in [5, 5.41) is 10.9. The first-order chi connectivity index (χ1) is 11.4. The van der Waals surface area contributed by atoms with E-state index in [1.54, 1.807) is 0 Å². The maximum Gasteiger partial charge on any atom is 0.387 e. The number of nitrogens with zero attached hydrogens (tertiary/aromatic N) is 1. The number of alkyl halides is 2. The molecule has 0 heterocycles. The fraction of sp³-hybridized carbons (Fsp3) is 0.188. The van der Waals surface area contributed by atoms with Crippen molar-refractivity contribution in [2.75, 3.05) is 6.61 Å². The van der Waals surface area contributed by atoms with E-state index in [4.69, 9.17) is 4.74 Å². The van der Waals surface area contributed by atoms with Gasteiger partial charge in [-0.15, -0.1) is 0 Å². The lowest BCUT2D eigenvalue weighted by Gasteiger charge is -2.09. The zero-order valence-electron chi connectivity index (χ0n) is 12.6. The van der Waals surface area contributed by atoms with Gasteiger partial charge in [-0.25, -0.2) is 0 Å². The Kier molecular flexibility index (Phi) is 5.41. The number of benzene rings is 2. The van der Waals surface area contributed by atoms with Gasteiger partial charge >= 0.3 is 6.61 Å². The molecule has 6 nitrogen and oxygen atoms in total. The van der Waals surface area contributed by atoms with Crippen molar-refractivity contribution in [3.63, 3.8) is 0 Å². The highest BCUT2D eigenvalue weighted by molar-refractivity contribution is 5.97. The van der Waals surface area contributed by atoms with Crippen LogP contribution in [0.5, 0.6) is 11.5 Å². The molecular weight excluding hydrogens is 324 g/mol. The third-order valence-corrected chi connectivity index (χ3v) is 3.21. The van der Waals surface area contributed by atoms with Crippen LogP contribution in [0.1, 0.15) is 15.9 Å². The van der Waals surface area contributed by atoms with E-state index in [9.17, 15) is 23.7 Å². The van der Waals surface area contributed by atoms with Crippen LogP contribution < -0.4 is 9.47 Å². The third-order valence-electron chi connectivity index (χ3n) is 3.21. The van der Waals surface area contributed by atoms with Crippen molar-refractivity contribution in [1.29, 1.82) is 0 Å². The van der Waals surface area contributed by atoms with E-state index in [1.165, 1.54) is 49.4 Å². The van der Waals surface area contributed by atoms with Crippen molar-refractivity contribution < 1.29 is 28.0 Å². The van der Waals surface area contributed by atoms with Crippen molar-refractivity contribution >= 4 is 11.5 Å². The highest BCUT2D eigenvalue weighted by atomic mass is 19.3. The number of rotatable bonds is 7. The predicted octanol–water partition coefficient (Wildman–Crippen LogP) is 3.77. The van der Waals surface area contributed by atoms with E-state index < -0.39 is 17.3 Å². The van der Waals surface area contributed by atoms with Gasteiger partial charge in [0.1, 0.15) is 11.5 Å². The van der Waals surface area contributed by atoms with Crippen LogP contribution in [0.15, 0.2) is 42.5 Å². The molecule has 0 N–H and O–H groups in total. The zero-order chi connectivity index (χ0) is 17.7. The van der Waals surface area contributed by atoms with Gasteiger partial charge in [0.05, 0.1) is 10.5 Å². The Morgan fingerprint density at radius 2 is 1.88 bits per heavy atom. The van der Waals surface area contributed by atoms with Gasteiger partial charge < -0.3 is 9.47 Å². The van der Waals surface area contributed by atoms with Gasteiger partial charge in [0.25, 0.3) is 5.69 Å². The zero-order valence-corrected chi connectivity index (χ0v) is 12.6. The van der Waals surface area contributed by atoms with Crippen LogP contribution in [0.2, 0.25) is 0 Å². The minimum absolute atomic E-state index is 0.0583. The molecule has 0 bridgehead atoms. The quantitative estimate of drug-likeness (QED) is 0.436. The van der Waals surface area contributed by atoms with Gasteiger partial charge in [-0.3, -0.25) is 14.9 Å². The lowest BCUT2D eigenvalue weighted by Crippen LogP contribution is -2.12. The highest BCUT2D eigenvalue weighted by Gasteiger charge is 2.15. The average molecular weight is 337 g/mol. The van der Waals surface area contributed by atoms with Crippen LogP contribution in [-0.2, 0) is 0 Å². The van der Waals surface area contributed by atoms with Gasteiger partial charge in [0, 0.05) is 11.6 Å². The summed E-state index contributed by atoms with van der Waals surface area (Å²) < 4.78 is 33.6. The van der Waals surface area contributed by atoms with Gasteiger partial charge in [0.2, 0.25) is 0 Å². The van der Waals surface area contributed by atoms with E-state index in [1.807, 2.05) is 0 Å². The second-order valence-corrected chi connectivity index (χ2v) is 4.77. The van der Waals surface area contributed by atoms with Crippen molar-refractivity contribution in [3.05, 3.63) is 63.7 Å². The topological polar surface area (TPSA) is 78.7 Å². The van der Waals surface area contributed by atoms with Crippen LogP contribution in [0, 0.1) is 17.0 Å². The maximum atomic E-state index is 12.1. The molecule has 2 aromatic rings. The van der Waals surface area contributed by atoms with Crippen LogP contribution in [-0.4, -0.2) is 23.9 Å². The Balaban J connectivity index is 2.03. The summed E-state index contributed by atoms with van der Waals surface area (Å²) in [5.41, 5.74) is 0.462. The molecule has 0 aliphatic carbocycles. The molecule has 2 aromatic carbocycles. The number of hydrogen-bond donors (Lipinski definition) is 0. The van der Waals surface area contributed by atoms with E-state index in [-0.39, 0.29) is 29.4 Å². The summed E-state index contributed by atoms with van der Waals surface area (Å²) >= 11 is 0. The normalized spacial score (nSPS) is 10.5. The Labute approximate surface area is 135 Å². The number of carbonyl (C=O) groups excluding carboxylic acids is 1. The number of Topliss-reactive ketones (excluding diaryl/α,β-unsaturated/α-hetero) is 1. The summed E-state index contributed by atoms with van der Waals surface area (Å²) in [4.78, 5) is 22.4. The SMILES string of the molecule is Cc1c(OCC(=O)c2ccc(OC(F)F)cc2)cccc1[N+](=O)[O-]. The molecule has 0 aliphatic rings. The summed E-state index contributed by atoms with van der Waals surface area (Å²) in [6.45, 7) is -1.75. The maximum absolute atomic E-state index is 12.1. The third kappa shape index (κ3) is 4.25. The molecule has 0 atom stereocenters. The van der Waals surface area contributed by atoms with E-state index in [0.29, 0.717) is 5.56 Å². The van der Waals surface area contributed by atoms with Gasteiger partial charge in [0.15, 0.2) is 12.4 Å². The molecule has 8 heteroatoms. The first-order valence-corrected chi connectivity index (χ1v) is 6.83. The molecule has 24 heavy (non-hydrogen) atoms. The molecule has 0 saturated heterocycles. The summed E-state index contributed by atoms with van der Waals surface area (Å²) in [5.74, 6) is -0.225. The standard InChI is InChI=1S/C16H13F2NO5/c1-10-13(19(21)22)3-2-4-15(10)23-9-14(20)11-5-7-12(8-6-11)24-16(17)18/h2-8,16H,9H2,1H3. The monoisotopic (exact) mass is 337 g/mol. The van der Waals surface area contributed by atoms with Crippen LogP contribution in [0.25, 0.3) is 0 Å². The molecule has 126 valence electrons. The summed E-state index contributed by atoms with van der Waals surface area (Å²) in [6, 6.07) is 9.49. The van der Waals surface area contributed by atoms with E-state index in [2.05, 4.69) is 4.74 Å². The number of ether oxygens (including phenoxy) is 2. The van der Waals surface area contributed by atoms with Crippen molar-refractivity contribution in [2.24, 2.45) is 0 Å². The molecule has 0 spiro atoms. The molecular formula is C16H13F2NO5. The van der Waals surface area contributed by atoms with Crippen LogP contribution in [0.4, 0.5) is 14.5 Å². The predicted molar refractivity (Wildman–Crippen MR) is 80.7 cm³/mol. The molecule has 0 radical (unpaired) electrons. The number of nitro groups is 1. The lowest BCUT2D eigenvalue weighted by atomic mass is 10.1. The molecule has 0 amide bonds. The number of carbonyl (C=O) groups is 1. The van der Waals surface area contributed by atoms with Gasteiger partial charge in [-0.2, -0.15) is 8.78 Å². The van der Waals surface area contributed by atoms with E-state index in [0.717, 1.165) is 0 Å². The molecule has 0 saturated carbocycles. The Morgan fingerprint density at radius 1 is 1.21 bits per heavy atom. The van der Waals surface area contributed by atoms with Crippen molar-refractivity contribution in [1.82, 2.24) is 0 Å². The van der Waals surface area contributed by atoms with E-state index >= 15 is 0 Å². The first kappa shape index (κ1) is 17.3. The molecule has 0 aromatic heterocycles.